The number of nitrogens with zero attached hydrogens (tertiary/aromatic N) is 4. The summed E-state index contributed by atoms with van der Waals surface area (Å²) in [7, 11) is 0. The molecule has 8 aromatic carbocycles. The molecule has 1 aliphatic rings. The van der Waals surface area contributed by atoms with Gasteiger partial charge in [0.2, 0.25) is 0 Å². The van der Waals surface area contributed by atoms with Gasteiger partial charge in [-0.05, 0) is 84.4 Å². The van der Waals surface area contributed by atoms with Gasteiger partial charge in [-0.2, -0.15) is 0 Å². The summed E-state index contributed by atoms with van der Waals surface area (Å²) in [5.41, 5.74) is 9.63. The van der Waals surface area contributed by atoms with E-state index in [0.717, 1.165) is 89.1 Å². The zero-order valence-corrected chi connectivity index (χ0v) is 29.4. The Hall–Kier alpha value is -7.57. The fourth-order valence-corrected chi connectivity index (χ4v) is 7.75. The molecule has 0 saturated heterocycles. The van der Waals surface area contributed by atoms with E-state index in [9.17, 15) is 0 Å². The molecule has 6 nitrogen and oxygen atoms in total. The second-order valence-electron chi connectivity index (χ2n) is 13.6. The van der Waals surface area contributed by atoms with Crippen molar-refractivity contribution in [3.8, 4) is 56.8 Å². The Balaban J connectivity index is 1.07. The van der Waals surface area contributed by atoms with E-state index in [-0.39, 0.29) is 0 Å². The van der Waals surface area contributed by atoms with Crippen LogP contribution in [0.15, 0.2) is 186 Å². The summed E-state index contributed by atoms with van der Waals surface area (Å²) in [5, 5.41) is 4.23. The zero-order chi connectivity index (χ0) is 36.3. The van der Waals surface area contributed by atoms with Crippen molar-refractivity contribution in [2.75, 3.05) is 4.90 Å². The lowest BCUT2D eigenvalue weighted by molar-refractivity contribution is 0.487. The highest BCUT2D eigenvalue weighted by molar-refractivity contribution is 6.11. The minimum absolute atomic E-state index is 0.579. The van der Waals surface area contributed by atoms with Gasteiger partial charge >= 0.3 is 0 Å². The first-order valence-electron chi connectivity index (χ1n) is 18.3. The van der Waals surface area contributed by atoms with E-state index in [1.165, 1.54) is 0 Å². The molecule has 0 unspecified atom stereocenters. The molecule has 55 heavy (non-hydrogen) atoms. The third-order valence-corrected chi connectivity index (χ3v) is 10.3. The highest BCUT2D eigenvalue weighted by Crippen LogP contribution is 2.51. The van der Waals surface area contributed by atoms with Crippen LogP contribution >= 0.6 is 0 Å². The number of benzene rings is 8. The molecule has 0 bridgehead atoms. The number of furan rings is 1. The second-order valence-corrected chi connectivity index (χ2v) is 13.6. The SMILES string of the molecule is c1ccc(-c2nc(-c3ccc4c(c3)-c3cccc5c(N(c6ccccc6)c6ccccc6)ccc(c35)O4)nc(-c3ccc4oc5ccccc5c4c3)n2)cc1. The first-order chi connectivity index (χ1) is 27.2. The third kappa shape index (κ3) is 5.23. The highest BCUT2D eigenvalue weighted by Gasteiger charge is 2.25. The molecule has 3 heterocycles. The van der Waals surface area contributed by atoms with Crippen molar-refractivity contribution in [1.82, 2.24) is 15.0 Å². The Kier molecular flexibility index (Phi) is 7.07. The Bertz CT molecular complexity index is 3030. The molecule has 11 rings (SSSR count). The fraction of sp³-hybridized carbons (Fsp3) is 0. The number of rotatable bonds is 6. The maximum Gasteiger partial charge on any atom is 0.164 e. The molecule has 10 aromatic rings. The molecule has 258 valence electrons. The number of ether oxygens (including phenoxy) is 1. The molecular formula is C49H30N4O2. The van der Waals surface area contributed by atoms with Crippen LogP contribution in [0.25, 0.3) is 78.0 Å². The van der Waals surface area contributed by atoms with Crippen LogP contribution in [-0.2, 0) is 0 Å². The average Bonchev–Trinajstić information content (AvgIpc) is 3.63. The number of aromatic nitrogens is 3. The van der Waals surface area contributed by atoms with E-state index in [1.54, 1.807) is 0 Å². The van der Waals surface area contributed by atoms with Gasteiger partial charge in [0, 0.05) is 55.2 Å². The Labute approximate surface area is 316 Å². The average molecular weight is 707 g/mol. The Morgan fingerprint density at radius 2 is 0.964 bits per heavy atom. The van der Waals surface area contributed by atoms with Crippen LogP contribution in [-0.4, -0.2) is 15.0 Å². The van der Waals surface area contributed by atoms with Crippen LogP contribution in [0.2, 0.25) is 0 Å². The molecule has 2 aromatic heterocycles. The molecule has 0 aliphatic carbocycles. The summed E-state index contributed by atoms with van der Waals surface area (Å²) in [6, 6.07) is 62.1. The van der Waals surface area contributed by atoms with Crippen LogP contribution in [0, 0.1) is 0 Å². The number of hydrogen-bond donors (Lipinski definition) is 0. The standard InChI is InChI=1S/C49H30N4O2/c1-4-13-31(14-5-1)47-50-48(32-23-26-43-39(29-32)36-19-10-11-22-42(36)54-43)52-49(51-47)33-24-27-44-40(30-33)37-20-12-21-38-41(25-28-45(55-44)46(37)38)53(34-15-6-2-7-16-34)35-17-8-3-9-18-35/h1-30H. The first kappa shape index (κ1) is 31.0. The Morgan fingerprint density at radius 3 is 1.71 bits per heavy atom. The number of anilines is 3. The molecule has 0 amide bonds. The van der Waals surface area contributed by atoms with E-state index < -0.39 is 0 Å². The van der Waals surface area contributed by atoms with Gasteiger partial charge in [0.05, 0.1) is 5.69 Å². The van der Waals surface area contributed by atoms with Crippen molar-refractivity contribution >= 4 is 49.8 Å². The van der Waals surface area contributed by atoms with Crippen LogP contribution in [0.5, 0.6) is 11.5 Å². The lowest BCUT2D eigenvalue weighted by Gasteiger charge is -2.29. The highest BCUT2D eigenvalue weighted by atomic mass is 16.5. The quantitative estimate of drug-likeness (QED) is 0.171. The van der Waals surface area contributed by atoms with Crippen molar-refractivity contribution in [1.29, 1.82) is 0 Å². The van der Waals surface area contributed by atoms with E-state index in [2.05, 4.69) is 102 Å². The number of para-hydroxylation sites is 3. The summed E-state index contributed by atoms with van der Waals surface area (Å²) < 4.78 is 12.8. The summed E-state index contributed by atoms with van der Waals surface area (Å²) in [5.74, 6) is 3.38. The van der Waals surface area contributed by atoms with Gasteiger partial charge in [-0.1, -0.05) is 103 Å². The van der Waals surface area contributed by atoms with Crippen molar-refractivity contribution in [2.24, 2.45) is 0 Å². The Morgan fingerprint density at radius 1 is 0.382 bits per heavy atom. The fourth-order valence-electron chi connectivity index (χ4n) is 7.75. The van der Waals surface area contributed by atoms with Gasteiger partial charge in [-0.25, -0.2) is 15.0 Å². The lowest BCUT2D eigenvalue weighted by atomic mass is 9.92. The molecule has 0 fully saturated rings. The molecule has 0 saturated carbocycles. The summed E-state index contributed by atoms with van der Waals surface area (Å²) in [6.45, 7) is 0. The van der Waals surface area contributed by atoms with Crippen molar-refractivity contribution in [3.05, 3.63) is 182 Å². The molecule has 0 spiro atoms. The first-order valence-corrected chi connectivity index (χ1v) is 18.3. The second kappa shape index (κ2) is 12.5. The molecule has 1 aliphatic heterocycles. The molecule has 0 atom stereocenters. The topological polar surface area (TPSA) is 64.3 Å². The summed E-state index contributed by atoms with van der Waals surface area (Å²) in [6.07, 6.45) is 0. The molecule has 0 radical (unpaired) electrons. The molecule has 6 heteroatoms. The van der Waals surface area contributed by atoms with Crippen molar-refractivity contribution in [3.63, 3.8) is 0 Å². The number of fused-ring (bicyclic) bond motifs is 5. The van der Waals surface area contributed by atoms with Gasteiger partial charge in [0.15, 0.2) is 17.5 Å². The molecule has 0 N–H and O–H groups in total. The van der Waals surface area contributed by atoms with Gasteiger partial charge in [0.1, 0.15) is 22.7 Å². The van der Waals surface area contributed by atoms with Crippen molar-refractivity contribution in [2.45, 2.75) is 0 Å². The van der Waals surface area contributed by atoms with E-state index in [0.29, 0.717) is 17.5 Å². The third-order valence-electron chi connectivity index (χ3n) is 10.3. The maximum atomic E-state index is 6.66. The van der Waals surface area contributed by atoms with Crippen LogP contribution < -0.4 is 9.64 Å². The summed E-state index contributed by atoms with van der Waals surface area (Å²) in [4.78, 5) is 17.5. The largest absolute Gasteiger partial charge is 0.456 e. The predicted octanol–water partition coefficient (Wildman–Crippen LogP) is 13.2. The van der Waals surface area contributed by atoms with Crippen molar-refractivity contribution < 1.29 is 9.15 Å². The van der Waals surface area contributed by atoms with E-state index >= 15 is 0 Å². The normalized spacial score (nSPS) is 11.8. The maximum absolute atomic E-state index is 6.66. The van der Waals surface area contributed by atoms with Gasteiger partial charge in [-0.15, -0.1) is 0 Å². The summed E-state index contributed by atoms with van der Waals surface area (Å²) >= 11 is 0. The molecular weight excluding hydrogens is 677 g/mol. The van der Waals surface area contributed by atoms with Crippen LogP contribution in [0.4, 0.5) is 17.1 Å². The number of hydrogen-bond acceptors (Lipinski definition) is 6. The monoisotopic (exact) mass is 706 g/mol. The van der Waals surface area contributed by atoms with Crippen LogP contribution in [0.1, 0.15) is 0 Å². The van der Waals surface area contributed by atoms with Gasteiger partial charge in [-0.3, -0.25) is 0 Å². The van der Waals surface area contributed by atoms with Crippen LogP contribution in [0.3, 0.4) is 0 Å². The minimum atomic E-state index is 0.579. The predicted molar refractivity (Wildman–Crippen MR) is 221 cm³/mol. The minimum Gasteiger partial charge on any atom is -0.456 e. The van der Waals surface area contributed by atoms with E-state index in [4.69, 9.17) is 24.1 Å². The van der Waals surface area contributed by atoms with Gasteiger partial charge in [0.25, 0.3) is 0 Å². The lowest BCUT2D eigenvalue weighted by Crippen LogP contribution is -2.11. The van der Waals surface area contributed by atoms with Gasteiger partial charge < -0.3 is 14.1 Å². The smallest absolute Gasteiger partial charge is 0.164 e. The van der Waals surface area contributed by atoms with E-state index in [1.807, 2.05) is 84.9 Å². The zero-order valence-electron chi connectivity index (χ0n) is 29.4.